The van der Waals surface area contributed by atoms with Gasteiger partial charge < -0.3 is 16.0 Å². The third-order valence-electron chi connectivity index (χ3n) is 3.94. The van der Waals surface area contributed by atoms with Crippen molar-refractivity contribution in [2.45, 2.75) is 84.5 Å². The van der Waals surface area contributed by atoms with E-state index in [0.29, 0.717) is 0 Å². The SMILES string of the molecule is CCCCCCCCCCCc1nc(NC(N)=S)c(CC)[nH]1. The normalized spacial score (nSPS) is 10.8. The number of imidazole rings is 1. The van der Waals surface area contributed by atoms with Crippen molar-refractivity contribution in [2.75, 3.05) is 5.32 Å². The Bertz CT molecular complexity index is 428. The monoisotopic (exact) mass is 324 g/mol. The number of unbranched alkanes of at least 4 members (excludes halogenated alkanes) is 8. The highest BCUT2D eigenvalue weighted by molar-refractivity contribution is 7.80. The van der Waals surface area contributed by atoms with Gasteiger partial charge in [0.15, 0.2) is 10.9 Å². The number of anilines is 1. The zero-order valence-electron chi connectivity index (χ0n) is 14.2. The topological polar surface area (TPSA) is 66.7 Å². The van der Waals surface area contributed by atoms with Crippen molar-refractivity contribution < 1.29 is 0 Å². The van der Waals surface area contributed by atoms with Gasteiger partial charge in [0, 0.05) is 6.42 Å². The van der Waals surface area contributed by atoms with Crippen LogP contribution in [0.4, 0.5) is 5.82 Å². The summed E-state index contributed by atoms with van der Waals surface area (Å²) in [6, 6.07) is 0. The summed E-state index contributed by atoms with van der Waals surface area (Å²) in [5.74, 6) is 1.83. The molecule has 1 aromatic heterocycles. The van der Waals surface area contributed by atoms with Crippen LogP contribution < -0.4 is 11.1 Å². The number of nitrogens with two attached hydrogens (primary N) is 1. The average Bonchev–Trinajstić information content (AvgIpc) is 2.86. The molecule has 0 fully saturated rings. The van der Waals surface area contributed by atoms with Crippen LogP contribution in [0.1, 0.15) is 83.2 Å². The Morgan fingerprint density at radius 1 is 1.05 bits per heavy atom. The highest BCUT2D eigenvalue weighted by atomic mass is 32.1. The van der Waals surface area contributed by atoms with Gasteiger partial charge >= 0.3 is 0 Å². The molecule has 0 saturated heterocycles. The molecule has 4 nitrogen and oxygen atoms in total. The molecule has 0 aliphatic heterocycles. The number of aromatic nitrogens is 2. The second-order valence-corrected chi connectivity index (χ2v) is 6.37. The van der Waals surface area contributed by atoms with Gasteiger partial charge in [-0.05, 0) is 25.1 Å². The van der Waals surface area contributed by atoms with Crippen molar-refractivity contribution in [1.82, 2.24) is 9.97 Å². The van der Waals surface area contributed by atoms with E-state index < -0.39 is 0 Å². The standard InChI is InChI=1S/C17H32N4S/c1-3-5-6-7-8-9-10-11-12-13-15-19-14(4-2)16(20-15)21-17(18)22/h3-13H2,1-2H3,(H,19,20)(H3,18,21,22). The average molecular weight is 325 g/mol. The molecule has 0 bridgehead atoms. The third kappa shape index (κ3) is 7.78. The van der Waals surface area contributed by atoms with E-state index in [9.17, 15) is 0 Å². The Hall–Kier alpha value is -1.10. The predicted octanol–water partition coefficient (Wildman–Crippen LogP) is 4.70. The van der Waals surface area contributed by atoms with Crippen LogP contribution in [0.2, 0.25) is 0 Å². The third-order valence-corrected chi connectivity index (χ3v) is 4.04. The molecule has 0 spiro atoms. The van der Waals surface area contributed by atoms with Gasteiger partial charge in [0.25, 0.3) is 0 Å². The minimum atomic E-state index is 0.274. The van der Waals surface area contributed by atoms with Crippen molar-refractivity contribution in [3.63, 3.8) is 0 Å². The molecule has 1 aromatic rings. The first-order chi connectivity index (χ1) is 10.7. The molecule has 0 aromatic carbocycles. The number of nitrogens with zero attached hydrogens (tertiary/aromatic N) is 1. The molecule has 1 heterocycles. The Morgan fingerprint density at radius 3 is 2.18 bits per heavy atom. The van der Waals surface area contributed by atoms with Crippen molar-refractivity contribution >= 4 is 23.1 Å². The van der Waals surface area contributed by atoms with E-state index in [1.165, 1.54) is 57.8 Å². The fraction of sp³-hybridized carbons (Fsp3) is 0.765. The van der Waals surface area contributed by atoms with Crippen LogP contribution in [-0.4, -0.2) is 15.1 Å². The smallest absolute Gasteiger partial charge is 0.169 e. The Labute approximate surface area is 140 Å². The van der Waals surface area contributed by atoms with Crippen molar-refractivity contribution in [3.05, 3.63) is 11.5 Å². The molecule has 0 radical (unpaired) electrons. The summed E-state index contributed by atoms with van der Waals surface area (Å²) in [6.45, 7) is 4.36. The molecule has 1 rings (SSSR count). The maximum absolute atomic E-state index is 5.52. The molecule has 4 N–H and O–H groups in total. The molecule has 22 heavy (non-hydrogen) atoms. The highest BCUT2D eigenvalue weighted by Crippen LogP contribution is 2.15. The van der Waals surface area contributed by atoms with Crippen LogP contribution in [0.15, 0.2) is 0 Å². The molecule has 0 aliphatic rings. The summed E-state index contributed by atoms with van der Waals surface area (Å²) < 4.78 is 0. The maximum atomic E-state index is 5.52. The summed E-state index contributed by atoms with van der Waals surface area (Å²) >= 11 is 4.88. The first-order valence-corrected chi connectivity index (χ1v) is 9.22. The van der Waals surface area contributed by atoms with Crippen LogP contribution in [0, 0.1) is 0 Å². The number of hydrogen-bond donors (Lipinski definition) is 3. The molecule has 0 aliphatic carbocycles. The number of aryl methyl sites for hydroxylation is 2. The van der Waals surface area contributed by atoms with E-state index in [2.05, 4.69) is 29.1 Å². The molecule has 0 unspecified atom stereocenters. The van der Waals surface area contributed by atoms with E-state index in [4.69, 9.17) is 18.0 Å². The lowest BCUT2D eigenvalue weighted by atomic mass is 10.1. The molecule has 0 saturated carbocycles. The van der Waals surface area contributed by atoms with Gasteiger partial charge in [-0.15, -0.1) is 0 Å². The Morgan fingerprint density at radius 2 is 1.64 bits per heavy atom. The van der Waals surface area contributed by atoms with Crippen molar-refractivity contribution in [3.8, 4) is 0 Å². The van der Waals surface area contributed by atoms with E-state index in [1.807, 2.05) is 0 Å². The lowest BCUT2D eigenvalue weighted by Crippen LogP contribution is -2.19. The number of aromatic amines is 1. The summed E-state index contributed by atoms with van der Waals surface area (Å²) in [4.78, 5) is 7.93. The van der Waals surface area contributed by atoms with Crippen molar-refractivity contribution in [1.29, 1.82) is 0 Å². The minimum Gasteiger partial charge on any atom is -0.376 e. The summed E-state index contributed by atoms with van der Waals surface area (Å²) in [5, 5.41) is 3.22. The van der Waals surface area contributed by atoms with Gasteiger partial charge in [-0.25, -0.2) is 4.98 Å². The van der Waals surface area contributed by atoms with Gasteiger partial charge in [-0.2, -0.15) is 0 Å². The highest BCUT2D eigenvalue weighted by Gasteiger charge is 2.08. The van der Waals surface area contributed by atoms with Gasteiger partial charge in [-0.3, -0.25) is 0 Å². The van der Waals surface area contributed by atoms with Crippen LogP contribution in [-0.2, 0) is 12.8 Å². The molecule has 0 amide bonds. The van der Waals surface area contributed by atoms with E-state index in [-0.39, 0.29) is 5.11 Å². The zero-order chi connectivity index (χ0) is 16.2. The lowest BCUT2D eigenvalue weighted by molar-refractivity contribution is 0.562. The fourth-order valence-electron chi connectivity index (χ4n) is 2.66. The predicted molar refractivity (Wildman–Crippen MR) is 99.3 cm³/mol. The molecular formula is C17H32N4S. The first kappa shape index (κ1) is 18.9. The quantitative estimate of drug-likeness (QED) is 0.385. The van der Waals surface area contributed by atoms with Crippen LogP contribution >= 0.6 is 12.2 Å². The minimum absolute atomic E-state index is 0.274. The van der Waals surface area contributed by atoms with Gasteiger partial charge in [0.1, 0.15) is 5.82 Å². The van der Waals surface area contributed by atoms with E-state index >= 15 is 0 Å². The molecule has 126 valence electrons. The zero-order valence-corrected chi connectivity index (χ0v) is 15.0. The number of thiocarbonyl (C=S) groups is 1. The maximum Gasteiger partial charge on any atom is 0.169 e. The number of rotatable bonds is 12. The second-order valence-electron chi connectivity index (χ2n) is 5.93. The molecule has 5 heteroatoms. The summed E-state index contributed by atoms with van der Waals surface area (Å²) in [5.41, 5.74) is 6.60. The summed E-state index contributed by atoms with van der Waals surface area (Å²) in [7, 11) is 0. The van der Waals surface area contributed by atoms with E-state index in [0.717, 1.165) is 30.2 Å². The molecular weight excluding hydrogens is 292 g/mol. The fourth-order valence-corrected chi connectivity index (χ4v) is 2.76. The number of nitrogens with one attached hydrogen (secondary N) is 2. The Kier molecular flexibility index (Phi) is 9.87. The largest absolute Gasteiger partial charge is 0.376 e. The first-order valence-electron chi connectivity index (χ1n) is 8.81. The van der Waals surface area contributed by atoms with E-state index in [1.54, 1.807) is 0 Å². The number of hydrogen-bond acceptors (Lipinski definition) is 2. The molecule has 0 atom stereocenters. The van der Waals surface area contributed by atoms with Crippen LogP contribution in [0.5, 0.6) is 0 Å². The van der Waals surface area contributed by atoms with Gasteiger partial charge in [0.2, 0.25) is 0 Å². The Balaban J connectivity index is 2.17. The van der Waals surface area contributed by atoms with Crippen LogP contribution in [0.3, 0.4) is 0 Å². The van der Waals surface area contributed by atoms with Gasteiger partial charge in [-0.1, -0.05) is 65.2 Å². The van der Waals surface area contributed by atoms with Gasteiger partial charge in [0.05, 0.1) is 5.69 Å². The second kappa shape index (κ2) is 11.5. The summed E-state index contributed by atoms with van der Waals surface area (Å²) in [6.07, 6.45) is 14.0. The van der Waals surface area contributed by atoms with Crippen molar-refractivity contribution in [2.24, 2.45) is 5.73 Å². The number of H-pyrrole nitrogens is 1. The lowest BCUT2D eigenvalue weighted by Gasteiger charge is -2.01. The van der Waals surface area contributed by atoms with Crippen LogP contribution in [0.25, 0.3) is 0 Å².